The molecule has 0 aliphatic heterocycles. The van der Waals surface area contributed by atoms with E-state index in [1.165, 1.54) is 11.8 Å². The molecule has 248 valence electrons. The Bertz CT molecular complexity index is 1090. The highest BCUT2D eigenvalue weighted by molar-refractivity contribution is 8.02. The normalized spacial score (nSPS) is 13.3. The Balaban J connectivity index is 0. The van der Waals surface area contributed by atoms with E-state index in [9.17, 15) is 44.7 Å². The van der Waals surface area contributed by atoms with Gasteiger partial charge in [0.05, 0.1) is 12.6 Å². The maximum absolute atomic E-state index is 14.1. The van der Waals surface area contributed by atoms with Crippen molar-refractivity contribution in [3.63, 3.8) is 0 Å². The number of carbonyl (C=O) groups is 2. The minimum Gasteiger partial charge on any atom is -0.349 e. The number of hydrogen-bond acceptors (Lipinski definition) is 4. The lowest BCUT2D eigenvalue weighted by atomic mass is 10.0. The van der Waals surface area contributed by atoms with Gasteiger partial charge in [0.15, 0.2) is 11.6 Å². The van der Waals surface area contributed by atoms with Crippen molar-refractivity contribution in [2.45, 2.75) is 84.7 Å². The minimum atomic E-state index is -6.57. The first-order chi connectivity index (χ1) is 19.9. The molecule has 0 saturated carbocycles. The van der Waals surface area contributed by atoms with Crippen LogP contribution in [0.25, 0.3) is 0 Å². The van der Waals surface area contributed by atoms with E-state index in [0.717, 1.165) is 18.5 Å². The van der Waals surface area contributed by atoms with Gasteiger partial charge in [0.2, 0.25) is 5.91 Å². The summed E-state index contributed by atoms with van der Waals surface area (Å²) < 4.78 is 105. The molecule has 1 heterocycles. The van der Waals surface area contributed by atoms with Crippen LogP contribution in [0.2, 0.25) is 0 Å². The Morgan fingerprint density at radius 2 is 1.60 bits per heavy atom. The summed E-state index contributed by atoms with van der Waals surface area (Å²) in [6, 6.07) is -0.214. The van der Waals surface area contributed by atoms with E-state index in [1.54, 1.807) is 43.7 Å². The molecule has 0 unspecified atom stereocenters. The quantitative estimate of drug-likeness (QED) is 0.276. The van der Waals surface area contributed by atoms with Gasteiger partial charge >= 0.3 is 18.0 Å². The maximum Gasteiger partial charge on any atom is 0.460 e. The van der Waals surface area contributed by atoms with Gasteiger partial charge in [-0.3, -0.25) is 9.59 Å². The van der Waals surface area contributed by atoms with Crippen LogP contribution in [0, 0.1) is 5.82 Å². The third-order valence-corrected chi connectivity index (χ3v) is 6.48. The Hall–Kier alpha value is -2.68. The second-order valence-corrected chi connectivity index (χ2v) is 9.50. The molecule has 0 radical (unpaired) electrons. The molecule has 1 aliphatic rings. The molecular formula is C28H43F8N4O2S+. The number of anilines is 1. The van der Waals surface area contributed by atoms with Gasteiger partial charge in [-0.2, -0.15) is 30.7 Å². The summed E-state index contributed by atoms with van der Waals surface area (Å²) >= 11 is 1.28. The zero-order valence-electron chi connectivity index (χ0n) is 26.0. The number of halogens is 8. The van der Waals surface area contributed by atoms with E-state index in [1.807, 2.05) is 33.0 Å². The van der Waals surface area contributed by atoms with Gasteiger partial charge in [0.1, 0.15) is 5.70 Å². The first-order valence-corrected chi connectivity index (χ1v) is 14.9. The zero-order chi connectivity index (χ0) is 34.2. The van der Waals surface area contributed by atoms with Crippen LogP contribution in [0.5, 0.6) is 0 Å². The van der Waals surface area contributed by atoms with Crippen LogP contribution in [-0.2, 0) is 15.5 Å². The van der Waals surface area contributed by atoms with Crippen molar-refractivity contribution in [1.82, 2.24) is 9.88 Å². The first-order valence-electron chi connectivity index (χ1n) is 13.7. The Morgan fingerprint density at radius 1 is 1.05 bits per heavy atom. The number of carbonyl (C=O) groups excluding carboxylic acids is 2. The summed E-state index contributed by atoms with van der Waals surface area (Å²) in [4.78, 5) is 28.7. The fourth-order valence-electron chi connectivity index (χ4n) is 3.15. The highest BCUT2D eigenvalue weighted by atomic mass is 32.2. The average molecular weight is 652 g/mol. The van der Waals surface area contributed by atoms with E-state index in [0.29, 0.717) is 24.2 Å². The predicted molar refractivity (Wildman–Crippen MR) is 154 cm³/mol. The number of amides is 2. The Morgan fingerprint density at radius 3 is 2.02 bits per heavy atom. The molecule has 0 aromatic carbocycles. The van der Waals surface area contributed by atoms with Gasteiger partial charge in [0.25, 0.3) is 5.91 Å². The molecule has 1 aliphatic carbocycles. The van der Waals surface area contributed by atoms with E-state index in [4.69, 9.17) is 0 Å². The smallest absolute Gasteiger partial charge is 0.349 e. The molecule has 0 saturated heterocycles. The van der Waals surface area contributed by atoms with Crippen LogP contribution in [0.15, 0.2) is 34.5 Å². The van der Waals surface area contributed by atoms with Gasteiger partial charge in [0, 0.05) is 44.8 Å². The number of hydrogen-bond donors (Lipinski definition) is 2. The number of quaternary nitrogens is 1. The summed E-state index contributed by atoms with van der Waals surface area (Å²) in [6.07, 6.45) is 0.676. The molecule has 6 nitrogen and oxygen atoms in total. The van der Waals surface area contributed by atoms with Crippen molar-refractivity contribution in [2.24, 2.45) is 0 Å². The summed E-state index contributed by atoms with van der Waals surface area (Å²) in [7, 11) is 5.33. The predicted octanol–water partition coefficient (Wildman–Crippen LogP) is 7.25. The highest BCUT2D eigenvalue weighted by Gasteiger charge is 2.73. The van der Waals surface area contributed by atoms with E-state index in [-0.39, 0.29) is 23.7 Å². The second-order valence-electron chi connectivity index (χ2n) is 8.60. The summed E-state index contributed by atoms with van der Waals surface area (Å²) in [5.74, 6) is -15.4. The van der Waals surface area contributed by atoms with Gasteiger partial charge in [-0.25, -0.2) is 9.37 Å². The largest absolute Gasteiger partial charge is 0.460 e. The molecule has 2 amide bonds. The summed E-state index contributed by atoms with van der Waals surface area (Å²) in [5, 5.41) is 3.79. The van der Waals surface area contributed by atoms with E-state index in [2.05, 4.69) is 11.9 Å². The number of nitrogens with zero attached hydrogens (tertiary/aromatic N) is 2. The fourth-order valence-corrected chi connectivity index (χ4v) is 3.83. The monoisotopic (exact) mass is 651 g/mol. The molecule has 3 N–H and O–H groups in total. The summed E-state index contributed by atoms with van der Waals surface area (Å²) in [6.45, 7) is 10.1. The van der Waals surface area contributed by atoms with Crippen molar-refractivity contribution in [3.05, 3.63) is 45.9 Å². The lowest BCUT2D eigenvalue weighted by Gasteiger charge is -2.28. The minimum absolute atomic E-state index is 0.0375. The van der Waals surface area contributed by atoms with Crippen LogP contribution in [0.3, 0.4) is 0 Å². The van der Waals surface area contributed by atoms with Gasteiger partial charge in [-0.15, -0.1) is 11.8 Å². The highest BCUT2D eigenvalue weighted by Crippen LogP contribution is 2.51. The number of aromatic nitrogens is 1. The lowest BCUT2D eigenvalue weighted by molar-refractivity contribution is -0.578. The molecular weight excluding hydrogens is 608 g/mol. The molecule has 0 fully saturated rings. The lowest BCUT2D eigenvalue weighted by Crippen LogP contribution is -2.77. The topological polar surface area (TPSA) is 78.9 Å². The number of allylic oxidation sites excluding steroid dienone is 2. The number of nitrogens with one attached hydrogen (secondary N) is 1. The number of thioether (sulfide) groups is 1. The van der Waals surface area contributed by atoms with Gasteiger partial charge in [-0.1, -0.05) is 41.0 Å². The zero-order valence-corrected chi connectivity index (χ0v) is 26.8. The van der Waals surface area contributed by atoms with Crippen molar-refractivity contribution in [2.75, 3.05) is 32.7 Å². The SMILES string of the molecule is CC.CC.CCCCC(=O)N(C)C.C[NH2+]C1=CC(C(=O)Nc2ncc(C(F)(F)C(F)(F)C(F)(F)F)cc2F)=C(SC)CC1. The molecule has 0 spiro atoms. The van der Waals surface area contributed by atoms with Crippen LogP contribution in [0.1, 0.15) is 72.3 Å². The van der Waals surface area contributed by atoms with Crippen LogP contribution in [0.4, 0.5) is 40.9 Å². The molecule has 0 bridgehead atoms. The number of alkyl halides is 7. The average Bonchev–Trinajstić information content (AvgIpc) is 2.98. The fraction of sp³-hybridized carbons (Fsp3) is 0.607. The van der Waals surface area contributed by atoms with E-state index >= 15 is 0 Å². The van der Waals surface area contributed by atoms with Crippen molar-refractivity contribution < 1.29 is 50.0 Å². The third-order valence-electron chi connectivity index (χ3n) is 5.56. The first kappa shape index (κ1) is 42.5. The van der Waals surface area contributed by atoms with Crippen LogP contribution in [-0.4, -0.2) is 61.2 Å². The molecule has 43 heavy (non-hydrogen) atoms. The van der Waals surface area contributed by atoms with Gasteiger partial charge < -0.3 is 15.5 Å². The number of unbranched alkanes of at least 4 members (excludes halogenated alkanes) is 1. The molecule has 15 heteroatoms. The van der Waals surface area contributed by atoms with Crippen molar-refractivity contribution in [3.8, 4) is 0 Å². The van der Waals surface area contributed by atoms with Crippen LogP contribution < -0.4 is 10.6 Å². The molecule has 1 aromatic rings. The molecule has 1 aromatic heterocycles. The Kier molecular flexibility index (Phi) is 19.3. The second kappa shape index (κ2) is 19.6. The van der Waals surface area contributed by atoms with Gasteiger partial charge in [-0.05, 0) is 30.1 Å². The van der Waals surface area contributed by atoms with E-state index < -0.39 is 41.1 Å². The van der Waals surface area contributed by atoms with Crippen LogP contribution >= 0.6 is 11.8 Å². The standard InChI is InChI=1S/C17H15F8N3OS.C7H15NO.2C2H6/c1-26-9-3-4-12(30-2)10(6-9)14(29)28-13-11(18)5-8(7-27-13)15(19,20)16(21,22)17(23,24)25;1-4-5-6-7(9)8(2)3;2*1-2/h5-7,26H,3-4H2,1-2H3,(H,27,28,29);4-6H2,1-3H3;2*1-2H3/p+1. The number of rotatable bonds is 9. The number of nitrogens with two attached hydrogens (primary N) is 1. The van der Waals surface area contributed by atoms with Crippen molar-refractivity contribution >= 4 is 29.4 Å². The Labute approximate surface area is 252 Å². The maximum atomic E-state index is 14.1. The summed E-state index contributed by atoms with van der Waals surface area (Å²) in [5.41, 5.74) is -0.971. The molecule has 0 atom stereocenters. The van der Waals surface area contributed by atoms with Crippen molar-refractivity contribution in [1.29, 1.82) is 0 Å². The third kappa shape index (κ3) is 12.1. The molecule has 2 rings (SSSR count). The number of pyridine rings is 1.